The minimum atomic E-state index is -0.704. The lowest BCUT2D eigenvalue weighted by atomic mass is 10.3. The molecule has 1 aromatic carbocycles. The van der Waals surface area contributed by atoms with Crippen LogP contribution >= 0.6 is 0 Å². The average Bonchev–Trinajstić information content (AvgIpc) is 2.03. The van der Waals surface area contributed by atoms with Crippen molar-refractivity contribution in [1.82, 2.24) is 0 Å². The van der Waals surface area contributed by atoms with Crippen LogP contribution in [-0.2, 0) is 4.79 Å². The van der Waals surface area contributed by atoms with E-state index in [0.717, 1.165) is 18.2 Å². The molecule has 0 aliphatic carbocycles. The molecule has 0 amide bonds. The molecule has 0 saturated heterocycles. The van der Waals surface area contributed by atoms with E-state index in [-0.39, 0.29) is 18.8 Å². The first-order valence-electron chi connectivity index (χ1n) is 3.66. The minimum Gasteiger partial charge on any atom is -0.493 e. The first-order valence-corrected chi connectivity index (χ1v) is 3.66. The van der Waals surface area contributed by atoms with E-state index in [1.807, 2.05) is 0 Å². The number of hydrogen-bond donors (Lipinski definition) is 0. The molecule has 0 bridgehead atoms. The summed E-state index contributed by atoms with van der Waals surface area (Å²) in [5, 5.41) is 0. The van der Waals surface area contributed by atoms with Crippen LogP contribution in [0.25, 0.3) is 0 Å². The fourth-order valence-electron chi connectivity index (χ4n) is 0.822. The van der Waals surface area contributed by atoms with E-state index < -0.39 is 11.6 Å². The summed E-state index contributed by atoms with van der Waals surface area (Å²) < 4.78 is 29.9. The monoisotopic (exact) mass is 185 g/mol. The Morgan fingerprint density at radius 3 is 2.38 bits per heavy atom. The van der Waals surface area contributed by atoms with Crippen molar-refractivity contribution in [2.24, 2.45) is 0 Å². The van der Waals surface area contributed by atoms with Gasteiger partial charge in [0.2, 0.25) is 6.29 Å². The fourth-order valence-corrected chi connectivity index (χ4v) is 0.822. The summed E-state index contributed by atoms with van der Waals surface area (Å²) in [6.45, 7) is 0.0758. The van der Waals surface area contributed by atoms with Crippen molar-refractivity contribution >= 4 is 6.29 Å². The second-order valence-electron chi connectivity index (χ2n) is 2.35. The number of benzene rings is 1. The lowest BCUT2D eigenvalue weighted by Gasteiger charge is -2.03. The van der Waals surface area contributed by atoms with Gasteiger partial charge in [0, 0.05) is 24.6 Å². The third-order valence-electron chi connectivity index (χ3n) is 1.31. The highest BCUT2D eigenvalue weighted by Gasteiger charge is 2.00. The van der Waals surface area contributed by atoms with Crippen LogP contribution in [0.15, 0.2) is 18.2 Å². The van der Waals surface area contributed by atoms with Crippen LogP contribution in [0.2, 0.25) is 0 Å². The quantitative estimate of drug-likeness (QED) is 0.669. The summed E-state index contributed by atoms with van der Waals surface area (Å²) in [6.07, 6.45) is 1.69. The van der Waals surface area contributed by atoms with Crippen LogP contribution in [0.4, 0.5) is 8.78 Å². The Hall–Kier alpha value is -1.45. The first kappa shape index (κ1) is 9.64. The Morgan fingerprint density at radius 2 is 1.85 bits per heavy atom. The zero-order valence-electron chi connectivity index (χ0n) is 6.72. The largest absolute Gasteiger partial charge is 0.493 e. The summed E-state index contributed by atoms with van der Waals surface area (Å²) in [5.74, 6) is -1.33. The van der Waals surface area contributed by atoms with Crippen molar-refractivity contribution in [2.45, 2.75) is 6.42 Å². The lowest BCUT2D eigenvalue weighted by Crippen LogP contribution is -1.98. The standard InChI is InChI=1S/C9H7F2O2/c10-7-4-8(11)6-9(5-7)13-3-1-2-12/h4-6H,1,3H2. The van der Waals surface area contributed by atoms with Gasteiger partial charge < -0.3 is 4.74 Å². The van der Waals surface area contributed by atoms with Gasteiger partial charge in [-0.3, -0.25) is 4.79 Å². The van der Waals surface area contributed by atoms with Gasteiger partial charge in [0.15, 0.2) is 0 Å². The summed E-state index contributed by atoms with van der Waals surface area (Å²) >= 11 is 0. The highest BCUT2D eigenvalue weighted by atomic mass is 19.1. The number of carbonyl (C=O) groups excluding carboxylic acids is 1. The van der Waals surface area contributed by atoms with Gasteiger partial charge in [-0.1, -0.05) is 0 Å². The van der Waals surface area contributed by atoms with Gasteiger partial charge in [-0.25, -0.2) is 8.78 Å². The van der Waals surface area contributed by atoms with Crippen molar-refractivity contribution in [3.8, 4) is 5.75 Å². The summed E-state index contributed by atoms with van der Waals surface area (Å²) in [6, 6.07) is 2.85. The van der Waals surface area contributed by atoms with Gasteiger partial charge in [0.25, 0.3) is 0 Å². The molecule has 0 heterocycles. The molecule has 0 fully saturated rings. The molecule has 0 aliphatic heterocycles. The van der Waals surface area contributed by atoms with Crippen molar-refractivity contribution < 1.29 is 18.3 Å². The van der Waals surface area contributed by atoms with Crippen LogP contribution in [-0.4, -0.2) is 12.9 Å². The Balaban J connectivity index is 2.60. The third kappa shape index (κ3) is 3.19. The normalized spacial score (nSPS) is 9.69. The molecule has 13 heavy (non-hydrogen) atoms. The van der Waals surface area contributed by atoms with E-state index in [9.17, 15) is 13.6 Å². The average molecular weight is 185 g/mol. The summed E-state index contributed by atoms with van der Waals surface area (Å²) in [4.78, 5) is 9.78. The van der Waals surface area contributed by atoms with E-state index in [1.54, 1.807) is 6.29 Å². The van der Waals surface area contributed by atoms with Crippen LogP contribution in [0.3, 0.4) is 0 Å². The maximum absolute atomic E-state index is 12.5. The van der Waals surface area contributed by atoms with E-state index >= 15 is 0 Å². The van der Waals surface area contributed by atoms with Crippen LogP contribution in [0, 0.1) is 11.6 Å². The van der Waals surface area contributed by atoms with Gasteiger partial charge in [0.1, 0.15) is 17.4 Å². The van der Waals surface area contributed by atoms with Crippen LogP contribution in [0.5, 0.6) is 5.75 Å². The second kappa shape index (κ2) is 4.54. The van der Waals surface area contributed by atoms with Crippen molar-refractivity contribution in [3.05, 3.63) is 29.8 Å². The highest BCUT2D eigenvalue weighted by molar-refractivity contribution is 5.50. The predicted molar refractivity (Wildman–Crippen MR) is 42.2 cm³/mol. The smallest absolute Gasteiger partial charge is 0.201 e. The minimum absolute atomic E-state index is 0.0758. The predicted octanol–water partition coefficient (Wildman–Crippen LogP) is 1.84. The molecule has 69 valence electrons. The Kier molecular flexibility index (Phi) is 3.37. The Labute approximate surface area is 74.1 Å². The van der Waals surface area contributed by atoms with Crippen molar-refractivity contribution in [1.29, 1.82) is 0 Å². The topological polar surface area (TPSA) is 26.3 Å². The molecule has 2 nitrogen and oxygen atoms in total. The zero-order valence-corrected chi connectivity index (χ0v) is 6.72. The second-order valence-corrected chi connectivity index (χ2v) is 2.35. The molecular weight excluding hydrogens is 178 g/mol. The third-order valence-corrected chi connectivity index (χ3v) is 1.31. The molecule has 0 aromatic heterocycles. The van der Waals surface area contributed by atoms with Crippen LogP contribution < -0.4 is 4.74 Å². The van der Waals surface area contributed by atoms with Crippen LogP contribution in [0.1, 0.15) is 6.42 Å². The first-order chi connectivity index (χ1) is 6.22. The Bertz CT molecular complexity index is 279. The molecular formula is C9H7F2O2. The van der Waals surface area contributed by atoms with E-state index in [0.29, 0.717) is 0 Å². The maximum atomic E-state index is 12.5. The van der Waals surface area contributed by atoms with E-state index in [2.05, 4.69) is 0 Å². The molecule has 0 spiro atoms. The van der Waals surface area contributed by atoms with Crippen molar-refractivity contribution in [2.75, 3.05) is 6.61 Å². The highest BCUT2D eigenvalue weighted by Crippen LogP contribution is 2.15. The fraction of sp³-hybridized carbons (Fsp3) is 0.222. The molecule has 1 aromatic rings. The Morgan fingerprint density at radius 1 is 1.23 bits per heavy atom. The molecule has 0 unspecified atom stereocenters. The van der Waals surface area contributed by atoms with Gasteiger partial charge >= 0.3 is 0 Å². The number of halogens is 2. The van der Waals surface area contributed by atoms with Gasteiger partial charge in [0.05, 0.1) is 6.61 Å². The number of ether oxygens (including phenoxy) is 1. The number of hydrogen-bond acceptors (Lipinski definition) is 2. The molecule has 4 heteroatoms. The van der Waals surface area contributed by atoms with Gasteiger partial charge in [-0.05, 0) is 0 Å². The van der Waals surface area contributed by atoms with E-state index in [4.69, 9.17) is 4.74 Å². The molecule has 0 N–H and O–H groups in total. The van der Waals surface area contributed by atoms with Crippen molar-refractivity contribution in [3.63, 3.8) is 0 Å². The van der Waals surface area contributed by atoms with Gasteiger partial charge in [-0.2, -0.15) is 0 Å². The van der Waals surface area contributed by atoms with Gasteiger partial charge in [-0.15, -0.1) is 0 Å². The summed E-state index contributed by atoms with van der Waals surface area (Å²) in [5.41, 5.74) is 0. The zero-order chi connectivity index (χ0) is 9.68. The number of rotatable bonds is 4. The lowest BCUT2D eigenvalue weighted by molar-refractivity contribution is 0.322. The molecule has 1 radical (unpaired) electrons. The molecule has 0 aliphatic rings. The molecule has 1 rings (SSSR count). The summed E-state index contributed by atoms with van der Waals surface area (Å²) in [7, 11) is 0. The molecule has 0 saturated carbocycles. The van der Waals surface area contributed by atoms with E-state index in [1.165, 1.54) is 0 Å². The molecule has 0 atom stereocenters. The SMILES string of the molecule is O=[C]CCOc1cc(F)cc(F)c1. The maximum Gasteiger partial charge on any atom is 0.201 e.